The number of phenolic OH excluding ortho intramolecular Hbond substituents is 1. The van der Waals surface area contributed by atoms with Crippen LogP contribution in [0.3, 0.4) is 0 Å². The lowest BCUT2D eigenvalue weighted by Gasteiger charge is -2.42. The maximum absolute atomic E-state index is 13.3. The molecule has 4 aliphatic heterocycles. The second kappa shape index (κ2) is 15.1. The molecule has 15 nitrogen and oxygen atoms in total. The number of carbonyl (C=O) groups excluding carboxylic acids is 2. The van der Waals surface area contributed by atoms with E-state index < -0.39 is 11.9 Å². The van der Waals surface area contributed by atoms with Gasteiger partial charge in [-0.25, -0.2) is 14.8 Å². The number of nitrogens with two attached hydrogens (primary N) is 1. The van der Waals surface area contributed by atoms with Gasteiger partial charge in [-0.1, -0.05) is 18.2 Å². The van der Waals surface area contributed by atoms with Crippen LogP contribution in [0, 0.1) is 0 Å². The normalized spacial score (nSPS) is 25.5. The van der Waals surface area contributed by atoms with Gasteiger partial charge in [0.05, 0.1) is 22.4 Å². The molecule has 5 aromatic rings. The van der Waals surface area contributed by atoms with E-state index >= 15 is 0 Å². The number of likely N-dealkylation sites (tertiary alicyclic amines) is 1. The van der Waals surface area contributed by atoms with Gasteiger partial charge >= 0.3 is 5.69 Å². The Hall–Kier alpha value is -5.83. The van der Waals surface area contributed by atoms with Crippen molar-refractivity contribution < 1.29 is 14.7 Å². The van der Waals surface area contributed by atoms with Crippen molar-refractivity contribution >= 4 is 40.3 Å². The number of rotatable bonds is 7. The zero-order chi connectivity index (χ0) is 40.4. The Balaban J connectivity index is 0.735. The van der Waals surface area contributed by atoms with Gasteiger partial charge in [0.2, 0.25) is 17.8 Å². The summed E-state index contributed by atoms with van der Waals surface area (Å²) in [5.74, 6) is 1.56. The van der Waals surface area contributed by atoms with Crippen molar-refractivity contribution in [2.45, 2.75) is 100 Å². The largest absolute Gasteiger partial charge is 0.507 e. The number of benzene rings is 2. The van der Waals surface area contributed by atoms with E-state index in [9.17, 15) is 19.5 Å². The number of piperidine rings is 2. The number of fused-ring (bicyclic) bond motifs is 3. The topological polar surface area (TPSA) is 181 Å². The van der Waals surface area contributed by atoms with Gasteiger partial charge in [-0.3, -0.25) is 24.0 Å². The van der Waals surface area contributed by atoms with Gasteiger partial charge in [0.25, 0.3) is 0 Å². The summed E-state index contributed by atoms with van der Waals surface area (Å²) < 4.78 is 3.19. The van der Waals surface area contributed by atoms with Crippen LogP contribution in [0.25, 0.3) is 22.3 Å². The number of phenols is 1. The van der Waals surface area contributed by atoms with Crippen LogP contribution in [-0.2, 0) is 16.6 Å². The van der Waals surface area contributed by atoms with Crippen LogP contribution in [0.2, 0.25) is 0 Å². The first kappa shape index (κ1) is 37.4. The van der Waals surface area contributed by atoms with Crippen molar-refractivity contribution in [3.63, 3.8) is 0 Å². The van der Waals surface area contributed by atoms with Crippen LogP contribution in [0.1, 0.15) is 93.2 Å². The summed E-state index contributed by atoms with van der Waals surface area (Å²) in [6.07, 6.45) is 13.5. The summed E-state index contributed by atoms with van der Waals surface area (Å²) in [5.41, 5.74) is 12.3. The summed E-state index contributed by atoms with van der Waals surface area (Å²) in [7, 11) is 1.76. The summed E-state index contributed by atoms with van der Waals surface area (Å²) in [5, 5.41) is 21.3. The fourth-order valence-corrected chi connectivity index (χ4v) is 10.8. The van der Waals surface area contributed by atoms with E-state index in [1.165, 1.54) is 11.1 Å². The third-order valence-corrected chi connectivity index (χ3v) is 14.0. The number of carbonyl (C=O) groups is 2. The number of nitrogens with one attached hydrogen (secondary N) is 1. The SMILES string of the molecule is Cn1c(=O)n(C2CCC(=O)NC2=O)c2ccc([C@H]3CC[C@@H](N4CCC(c5cnc(N6C7CCC6CN(c6cc(-c8ccccc8O)nnc6N)C7)nc5)CC4)CC3)cc21. The minimum atomic E-state index is -0.671. The lowest BCUT2D eigenvalue weighted by atomic mass is 9.80. The van der Waals surface area contributed by atoms with Crippen molar-refractivity contribution in [2.24, 2.45) is 7.05 Å². The molecule has 5 fully saturated rings. The summed E-state index contributed by atoms with van der Waals surface area (Å²) in [6, 6.07) is 15.8. The van der Waals surface area contributed by atoms with Crippen molar-refractivity contribution in [2.75, 3.05) is 41.7 Å². The van der Waals surface area contributed by atoms with Crippen molar-refractivity contribution in [3.05, 3.63) is 82.5 Å². The number of para-hydroxylation sites is 1. The second-order valence-corrected chi connectivity index (χ2v) is 17.3. The molecule has 1 aliphatic carbocycles. The van der Waals surface area contributed by atoms with Gasteiger partial charge in [0.15, 0.2) is 5.82 Å². The van der Waals surface area contributed by atoms with Gasteiger partial charge in [-0.2, -0.15) is 0 Å². The Morgan fingerprint density at radius 2 is 1.46 bits per heavy atom. The minimum absolute atomic E-state index is 0.165. The van der Waals surface area contributed by atoms with Gasteiger partial charge in [0, 0.05) is 62.6 Å². The van der Waals surface area contributed by atoms with E-state index in [4.69, 9.17) is 15.7 Å². The maximum atomic E-state index is 13.3. The Morgan fingerprint density at radius 3 is 2.17 bits per heavy atom. The number of anilines is 3. The quantitative estimate of drug-likeness (QED) is 0.195. The second-order valence-electron chi connectivity index (χ2n) is 17.3. The first-order valence-corrected chi connectivity index (χ1v) is 21.3. The molecule has 3 aromatic heterocycles. The molecule has 1 saturated carbocycles. The van der Waals surface area contributed by atoms with Gasteiger partial charge in [-0.15, -0.1) is 10.2 Å². The molecule has 2 bridgehead atoms. The van der Waals surface area contributed by atoms with Gasteiger partial charge < -0.3 is 25.5 Å². The van der Waals surface area contributed by atoms with E-state index in [2.05, 4.69) is 54.7 Å². The number of nitrogens with zero attached hydrogens (tertiary/aromatic N) is 9. The highest BCUT2D eigenvalue weighted by Gasteiger charge is 2.42. The first-order valence-electron chi connectivity index (χ1n) is 21.3. The number of imide groups is 1. The molecule has 59 heavy (non-hydrogen) atoms. The van der Waals surface area contributed by atoms with Crippen molar-refractivity contribution in [1.29, 1.82) is 0 Å². The van der Waals surface area contributed by atoms with E-state index in [0.717, 1.165) is 100 Å². The highest BCUT2D eigenvalue weighted by atomic mass is 16.3. The maximum Gasteiger partial charge on any atom is 0.329 e. The standard InChI is InChI=1S/C44H51N11O4/c1-51-37-20-28(8-13-35(37)55(44(51)59)36-14-15-40(57)48-42(36)58)26-6-9-30(10-7-26)52-18-16-27(17-19-52)29-22-46-43(47-23-29)54-31-11-12-32(54)25-53(24-31)38-21-34(49-50-41(38)45)33-4-2-3-5-39(33)56/h2-5,8,13,20-23,26-27,30-32,36,56H,6-7,9-12,14-19,24-25H2,1H3,(H2,45,50)(H,48,57,58)/t26-,30+,31?,32?,36?. The third kappa shape index (κ3) is 6.78. The van der Waals surface area contributed by atoms with E-state index in [0.29, 0.717) is 41.4 Å². The van der Waals surface area contributed by atoms with Crippen LogP contribution in [0.5, 0.6) is 5.75 Å². The molecule has 5 aliphatic rings. The Morgan fingerprint density at radius 1 is 0.763 bits per heavy atom. The first-order chi connectivity index (χ1) is 28.7. The lowest BCUT2D eigenvalue weighted by Crippen LogP contribution is -2.54. The van der Waals surface area contributed by atoms with Crippen molar-refractivity contribution in [3.8, 4) is 17.0 Å². The van der Waals surface area contributed by atoms with Gasteiger partial charge in [-0.05, 0) is 124 Å². The number of hydrogen-bond acceptors (Lipinski definition) is 12. The lowest BCUT2D eigenvalue weighted by molar-refractivity contribution is -0.135. The average Bonchev–Trinajstić information content (AvgIpc) is 3.67. The third-order valence-electron chi connectivity index (χ3n) is 14.0. The summed E-state index contributed by atoms with van der Waals surface area (Å²) in [4.78, 5) is 55.0. The van der Waals surface area contributed by atoms with Crippen LogP contribution in [0.15, 0.2) is 65.7 Å². The smallest absolute Gasteiger partial charge is 0.329 e. The number of nitrogen functional groups attached to an aromatic ring is 1. The Bertz CT molecular complexity index is 2450. The zero-order valence-electron chi connectivity index (χ0n) is 33.4. The number of aryl methyl sites for hydroxylation is 1. The van der Waals surface area contributed by atoms with Crippen LogP contribution in [-0.4, -0.2) is 95.4 Å². The molecule has 0 radical (unpaired) electrons. The van der Waals surface area contributed by atoms with E-state index in [1.807, 2.05) is 24.3 Å². The highest BCUT2D eigenvalue weighted by Crippen LogP contribution is 2.40. The Kier molecular flexibility index (Phi) is 9.57. The van der Waals surface area contributed by atoms with Crippen LogP contribution in [0.4, 0.5) is 17.5 Å². The molecular weight excluding hydrogens is 747 g/mol. The molecule has 2 aromatic carbocycles. The number of imidazole rings is 1. The molecule has 10 rings (SSSR count). The number of hydrogen-bond donors (Lipinski definition) is 3. The Labute approximate surface area is 342 Å². The predicted molar refractivity (Wildman–Crippen MR) is 224 cm³/mol. The van der Waals surface area contributed by atoms with Gasteiger partial charge in [0.1, 0.15) is 11.8 Å². The average molecular weight is 798 g/mol. The molecular formula is C44H51N11O4. The minimum Gasteiger partial charge on any atom is -0.507 e. The molecule has 3 unspecified atom stereocenters. The molecule has 4 saturated heterocycles. The van der Waals surface area contributed by atoms with Crippen LogP contribution < -0.4 is 26.5 Å². The highest BCUT2D eigenvalue weighted by molar-refractivity contribution is 6.00. The van der Waals surface area contributed by atoms with E-state index in [-0.39, 0.29) is 35.9 Å². The molecule has 7 heterocycles. The number of amides is 2. The molecule has 0 spiro atoms. The predicted octanol–water partition coefficient (Wildman–Crippen LogP) is 4.62. The monoisotopic (exact) mass is 797 g/mol. The fraction of sp³-hybridized carbons (Fsp3) is 0.477. The number of piperazine rings is 1. The molecule has 15 heteroatoms. The summed E-state index contributed by atoms with van der Waals surface area (Å²) >= 11 is 0. The zero-order valence-corrected chi connectivity index (χ0v) is 33.4. The van der Waals surface area contributed by atoms with Crippen molar-refractivity contribution in [1.82, 2.24) is 39.5 Å². The van der Waals surface area contributed by atoms with Crippen LogP contribution >= 0.6 is 0 Å². The molecule has 4 N–H and O–H groups in total. The fourth-order valence-electron chi connectivity index (χ4n) is 10.8. The van der Waals surface area contributed by atoms with E-state index in [1.54, 1.807) is 28.3 Å². The molecule has 3 atom stereocenters. The molecule has 306 valence electrons. The summed E-state index contributed by atoms with van der Waals surface area (Å²) in [6.45, 7) is 3.73. The number of aromatic nitrogens is 6. The number of aromatic hydroxyl groups is 1. The molecule has 2 amide bonds.